The van der Waals surface area contributed by atoms with E-state index in [0.29, 0.717) is 23.4 Å². The SMILES string of the molecule is COc1cc(/C=N\NC(=O)c2ccc(CN)cc2)ccc1O. The molecule has 1 amide bonds. The summed E-state index contributed by atoms with van der Waals surface area (Å²) >= 11 is 0. The molecule has 2 aromatic rings. The molecule has 0 spiro atoms. The van der Waals surface area contributed by atoms with Gasteiger partial charge in [0.25, 0.3) is 5.91 Å². The van der Waals surface area contributed by atoms with E-state index in [0.717, 1.165) is 5.56 Å². The van der Waals surface area contributed by atoms with Gasteiger partial charge in [-0.1, -0.05) is 12.1 Å². The lowest BCUT2D eigenvalue weighted by molar-refractivity contribution is 0.0955. The first kappa shape index (κ1) is 15.5. The molecule has 2 rings (SSSR count). The number of nitrogens with two attached hydrogens (primary N) is 1. The van der Waals surface area contributed by atoms with Gasteiger partial charge in [-0.2, -0.15) is 5.10 Å². The van der Waals surface area contributed by atoms with Crippen molar-refractivity contribution in [1.29, 1.82) is 0 Å². The van der Waals surface area contributed by atoms with Crippen molar-refractivity contribution in [1.82, 2.24) is 5.43 Å². The number of phenolic OH excluding ortho intramolecular Hbond substituents is 1. The van der Waals surface area contributed by atoms with Crippen molar-refractivity contribution in [2.24, 2.45) is 10.8 Å². The van der Waals surface area contributed by atoms with E-state index < -0.39 is 0 Å². The average Bonchev–Trinajstić information content (AvgIpc) is 2.56. The van der Waals surface area contributed by atoms with Gasteiger partial charge in [0.15, 0.2) is 11.5 Å². The molecule has 0 radical (unpaired) electrons. The van der Waals surface area contributed by atoms with Gasteiger partial charge in [0.1, 0.15) is 0 Å². The van der Waals surface area contributed by atoms with Crippen LogP contribution in [0.4, 0.5) is 0 Å². The Labute approximate surface area is 128 Å². The molecule has 0 heterocycles. The van der Waals surface area contributed by atoms with Crippen molar-refractivity contribution in [3.63, 3.8) is 0 Å². The Hall–Kier alpha value is -2.86. The fourth-order valence-electron chi connectivity index (χ4n) is 1.80. The molecule has 0 aliphatic heterocycles. The van der Waals surface area contributed by atoms with E-state index >= 15 is 0 Å². The fourth-order valence-corrected chi connectivity index (χ4v) is 1.80. The molecule has 0 fully saturated rings. The van der Waals surface area contributed by atoms with Crippen LogP contribution in [-0.2, 0) is 6.54 Å². The third-order valence-electron chi connectivity index (χ3n) is 3.04. The van der Waals surface area contributed by atoms with Crippen LogP contribution in [0.15, 0.2) is 47.6 Å². The number of phenols is 1. The fraction of sp³-hybridized carbons (Fsp3) is 0.125. The summed E-state index contributed by atoms with van der Waals surface area (Å²) in [6.45, 7) is 0.433. The number of ether oxygens (including phenoxy) is 1. The number of aromatic hydroxyl groups is 1. The number of hydrogen-bond donors (Lipinski definition) is 3. The minimum atomic E-state index is -0.314. The molecule has 0 saturated heterocycles. The summed E-state index contributed by atoms with van der Waals surface area (Å²) in [5.41, 5.74) is 10.1. The van der Waals surface area contributed by atoms with Crippen LogP contribution < -0.4 is 15.9 Å². The molecular formula is C16H17N3O3. The molecule has 0 unspecified atom stereocenters. The van der Waals surface area contributed by atoms with Gasteiger partial charge < -0.3 is 15.6 Å². The topological polar surface area (TPSA) is 96.9 Å². The van der Waals surface area contributed by atoms with Gasteiger partial charge in [-0.3, -0.25) is 4.79 Å². The molecule has 0 aliphatic rings. The molecule has 0 aromatic heterocycles. The van der Waals surface area contributed by atoms with E-state index in [2.05, 4.69) is 10.5 Å². The van der Waals surface area contributed by atoms with Crippen molar-refractivity contribution < 1.29 is 14.6 Å². The lowest BCUT2D eigenvalue weighted by Crippen LogP contribution is -2.17. The molecule has 6 heteroatoms. The zero-order valence-corrected chi connectivity index (χ0v) is 12.1. The second-order valence-corrected chi connectivity index (χ2v) is 4.53. The Kier molecular flexibility index (Phi) is 5.11. The highest BCUT2D eigenvalue weighted by atomic mass is 16.5. The lowest BCUT2D eigenvalue weighted by atomic mass is 10.1. The maximum Gasteiger partial charge on any atom is 0.271 e. The highest BCUT2D eigenvalue weighted by molar-refractivity contribution is 5.94. The number of benzene rings is 2. The number of methoxy groups -OCH3 is 1. The zero-order valence-electron chi connectivity index (χ0n) is 12.1. The van der Waals surface area contributed by atoms with E-state index in [1.165, 1.54) is 19.4 Å². The molecule has 22 heavy (non-hydrogen) atoms. The third kappa shape index (κ3) is 3.83. The highest BCUT2D eigenvalue weighted by Gasteiger charge is 2.04. The highest BCUT2D eigenvalue weighted by Crippen LogP contribution is 2.25. The number of rotatable bonds is 5. The van der Waals surface area contributed by atoms with Gasteiger partial charge in [0.05, 0.1) is 13.3 Å². The molecular weight excluding hydrogens is 282 g/mol. The van der Waals surface area contributed by atoms with Gasteiger partial charge >= 0.3 is 0 Å². The number of carbonyl (C=O) groups is 1. The molecule has 2 aromatic carbocycles. The number of nitrogens with zero attached hydrogens (tertiary/aromatic N) is 1. The lowest BCUT2D eigenvalue weighted by Gasteiger charge is -2.04. The largest absolute Gasteiger partial charge is 0.504 e. The molecule has 0 saturated carbocycles. The third-order valence-corrected chi connectivity index (χ3v) is 3.04. The Morgan fingerprint density at radius 3 is 2.68 bits per heavy atom. The van der Waals surface area contributed by atoms with Crippen molar-refractivity contribution in [2.75, 3.05) is 7.11 Å². The van der Waals surface area contributed by atoms with E-state index in [4.69, 9.17) is 10.5 Å². The van der Waals surface area contributed by atoms with Crippen LogP contribution in [0.5, 0.6) is 11.5 Å². The van der Waals surface area contributed by atoms with Gasteiger partial charge in [-0.05, 0) is 41.5 Å². The first-order chi connectivity index (χ1) is 10.6. The first-order valence-corrected chi connectivity index (χ1v) is 6.63. The molecule has 4 N–H and O–H groups in total. The quantitative estimate of drug-likeness (QED) is 0.577. The van der Waals surface area contributed by atoms with Crippen molar-refractivity contribution in [3.8, 4) is 11.5 Å². The van der Waals surface area contributed by atoms with Gasteiger partial charge in [-0.15, -0.1) is 0 Å². The molecule has 0 bridgehead atoms. The van der Waals surface area contributed by atoms with E-state index in [-0.39, 0.29) is 11.7 Å². The minimum Gasteiger partial charge on any atom is -0.504 e. The van der Waals surface area contributed by atoms with Gasteiger partial charge in [-0.25, -0.2) is 5.43 Å². The van der Waals surface area contributed by atoms with Crippen LogP contribution in [0.1, 0.15) is 21.5 Å². The van der Waals surface area contributed by atoms with Gasteiger partial charge in [0, 0.05) is 12.1 Å². The normalized spacial score (nSPS) is 10.6. The smallest absolute Gasteiger partial charge is 0.271 e. The standard InChI is InChI=1S/C16H17N3O3/c1-22-15-8-12(4-7-14(15)20)10-18-19-16(21)13-5-2-11(9-17)3-6-13/h2-8,10,20H,9,17H2,1H3,(H,19,21)/b18-10-. The summed E-state index contributed by atoms with van der Waals surface area (Å²) in [5.74, 6) is 0.0712. The van der Waals surface area contributed by atoms with Crippen LogP contribution >= 0.6 is 0 Å². The summed E-state index contributed by atoms with van der Waals surface area (Å²) in [5, 5.41) is 13.4. The molecule has 6 nitrogen and oxygen atoms in total. The Bertz CT molecular complexity index is 682. The number of amides is 1. The van der Waals surface area contributed by atoms with Gasteiger partial charge in [0.2, 0.25) is 0 Å². The Balaban J connectivity index is 2.00. The molecule has 0 aliphatic carbocycles. The summed E-state index contributed by atoms with van der Waals surface area (Å²) in [4.78, 5) is 11.9. The average molecular weight is 299 g/mol. The van der Waals surface area contributed by atoms with Crippen LogP contribution in [0.3, 0.4) is 0 Å². The second kappa shape index (κ2) is 7.24. The van der Waals surface area contributed by atoms with Crippen LogP contribution in [0.25, 0.3) is 0 Å². The summed E-state index contributed by atoms with van der Waals surface area (Å²) in [6.07, 6.45) is 1.47. The zero-order chi connectivity index (χ0) is 15.9. The monoisotopic (exact) mass is 299 g/mol. The number of hydrazone groups is 1. The number of hydrogen-bond acceptors (Lipinski definition) is 5. The predicted molar refractivity (Wildman–Crippen MR) is 84.1 cm³/mol. The first-order valence-electron chi connectivity index (χ1n) is 6.63. The number of carbonyl (C=O) groups excluding carboxylic acids is 1. The summed E-state index contributed by atoms with van der Waals surface area (Å²) in [6, 6.07) is 11.7. The number of nitrogens with one attached hydrogen (secondary N) is 1. The Morgan fingerprint density at radius 1 is 1.32 bits per heavy atom. The van der Waals surface area contributed by atoms with Crippen molar-refractivity contribution in [2.45, 2.75) is 6.54 Å². The van der Waals surface area contributed by atoms with E-state index in [1.807, 2.05) is 0 Å². The second-order valence-electron chi connectivity index (χ2n) is 4.53. The molecule has 0 atom stereocenters. The van der Waals surface area contributed by atoms with Crippen molar-refractivity contribution in [3.05, 3.63) is 59.2 Å². The summed E-state index contributed by atoms with van der Waals surface area (Å²) < 4.78 is 4.99. The summed E-state index contributed by atoms with van der Waals surface area (Å²) in [7, 11) is 1.46. The van der Waals surface area contributed by atoms with E-state index in [1.54, 1.807) is 36.4 Å². The maximum absolute atomic E-state index is 11.9. The van der Waals surface area contributed by atoms with Crippen LogP contribution in [-0.4, -0.2) is 24.3 Å². The maximum atomic E-state index is 11.9. The van der Waals surface area contributed by atoms with Crippen molar-refractivity contribution >= 4 is 12.1 Å². The Morgan fingerprint density at radius 2 is 2.05 bits per heavy atom. The van der Waals surface area contributed by atoms with Crippen LogP contribution in [0, 0.1) is 0 Å². The minimum absolute atomic E-state index is 0.0451. The van der Waals surface area contributed by atoms with Crippen LogP contribution in [0.2, 0.25) is 0 Å². The predicted octanol–water partition coefficient (Wildman–Crippen LogP) is 1.62. The molecule has 114 valence electrons. The van der Waals surface area contributed by atoms with E-state index in [9.17, 15) is 9.90 Å².